The highest BCUT2D eigenvalue weighted by Crippen LogP contribution is 2.16. The van der Waals surface area contributed by atoms with Crippen molar-refractivity contribution in [2.45, 2.75) is 26.0 Å². The summed E-state index contributed by atoms with van der Waals surface area (Å²) in [5.41, 5.74) is 5.55. The van der Waals surface area contributed by atoms with Crippen LogP contribution in [0.4, 0.5) is 5.82 Å². The normalized spacial score (nSPS) is 27.1. The zero-order valence-corrected chi connectivity index (χ0v) is 9.71. The maximum absolute atomic E-state index is 9.62. The Morgan fingerprint density at radius 3 is 3.00 bits per heavy atom. The molecule has 90 valence electrons. The van der Waals surface area contributed by atoms with Crippen molar-refractivity contribution in [1.29, 1.82) is 0 Å². The molecular weight excluding hydrogens is 204 g/mol. The summed E-state index contributed by atoms with van der Waals surface area (Å²) < 4.78 is 1.87. The minimum absolute atomic E-state index is 0.128. The van der Waals surface area contributed by atoms with Gasteiger partial charge in [0.05, 0.1) is 12.6 Å². The van der Waals surface area contributed by atoms with Crippen LogP contribution in [0.15, 0.2) is 12.3 Å². The van der Waals surface area contributed by atoms with Gasteiger partial charge in [-0.3, -0.25) is 4.68 Å². The molecule has 0 amide bonds. The molecule has 0 saturated carbocycles. The number of likely N-dealkylation sites (tertiary alicyclic amines) is 1. The maximum atomic E-state index is 9.62. The van der Waals surface area contributed by atoms with Gasteiger partial charge in [0.25, 0.3) is 0 Å². The molecular formula is C11H20N4O. The third-order valence-corrected chi connectivity index (χ3v) is 3.25. The van der Waals surface area contributed by atoms with Crippen molar-refractivity contribution in [2.75, 3.05) is 25.4 Å². The summed E-state index contributed by atoms with van der Waals surface area (Å²) in [4.78, 5) is 2.37. The number of anilines is 1. The number of aromatic nitrogens is 2. The number of piperidine rings is 1. The predicted octanol–water partition coefficient (Wildman–Crippen LogP) is 0.168. The first kappa shape index (κ1) is 11.4. The molecule has 5 heteroatoms. The molecule has 5 nitrogen and oxygen atoms in total. The van der Waals surface area contributed by atoms with Crippen molar-refractivity contribution in [3.05, 3.63) is 12.3 Å². The molecule has 0 spiro atoms. The highest BCUT2D eigenvalue weighted by Gasteiger charge is 2.23. The summed E-state index contributed by atoms with van der Waals surface area (Å²) in [7, 11) is 0. The second-order valence-corrected chi connectivity index (χ2v) is 4.64. The summed E-state index contributed by atoms with van der Waals surface area (Å²) in [6.07, 6.45) is 2.65. The molecule has 1 aliphatic rings. The van der Waals surface area contributed by atoms with Gasteiger partial charge in [0.15, 0.2) is 0 Å². The van der Waals surface area contributed by atoms with Crippen LogP contribution in [0.25, 0.3) is 0 Å². The van der Waals surface area contributed by atoms with Gasteiger partial charge in [0.2, 0.25) is 0 Å². The average molecular weight is 224 g/mol. The van der Waals surface area contributed by atoms with Crippen molar-refractivity contribution >= 4 is 5.82 Å². The van der Waals surface area contributed by atoms with Crippen molar-refractivity contribution in [2.24, 2.45) is 5.92 Å². The van der Waals surface area contributed by atoms with Crippen LogP contribution < -0.4 is 5.73 Å². The molecule has 2 unspecified atom stereocenters. The van der Waals surface area contributed by atoms with Crippen LogP contribution in [0, 0.1) is 5.92 Å². The van der Waals surface area contributed by atoms with Crippen molar-refractivity contribution in [3.8, 4) is 0 Å². The van der Waals surface area contributed by atoms with E-state index in [1.807, 2.05) is 16.9 Å². The number of rotatable bonds is 3. The number of hydrogen-bond donors (Lipinski definition) is 2. The van der Waals surface area contributed by atoms with Gasteiger partial charge >= 0.3 is 0 Å². The van der Waals surface area contributed by atoms with E-state index in [0.29, 0.717) is 11.7 Å². The fraction of sp³-hybridized carbons (Fsp3) is 0.727. The Balaban J connectivity index is 1.78. The molecule has 1 aromatic heterocycles. The molecule has 1 aromatic rings. The first-order valence-corrected chi connectivity index (χ1v) is 5.84. The quantitative estimate of drug-likeness (QED) is 0.768. The lowest BCUT2D eigenvalue weighted by Gasteiger charge is -2.34. The monoisotopic (exact) mass is 224 g/mol. The molecule has 1 aliphatic heterocycles. The van der Waals surface area contributed by atoms with E-state index in [1.54, 1.807) is 0 Å². The Morgan fingerprint density at radius 2 is 2.38 bits per heavy atom. The summed E-state index contributed by atoms with van der Waals surface area (Å²) in [6, 6.07) is 1.81. The highest BCUT2D eigenvalue weighted by atomic mass is 16.3. The number of nitrogens with zero attached hydrogens (tertiary/aromatic N) is 3. The van der Waals surface area contributed by atoms with Crippen molar-refractivity contribution in [1.82, 2.24) is 14.7 Å². The molecule has 2 heterocycles. The standard InChI is InChI=1S/C11H20N4O/c1-9-8-14(4-2-10(9)16)6-7-15-5-3-11(12)13-15/h3,5,9-10,16H,2,4,6-8H2,1H3,(H2,12,13). The Morgan fingerprint density at radius 1 is 1.56 bits per heavy atom. The van der Waals surface area contributed by atoms with Gasteiger partial charge in [0, 0.05) is 25.8 Å². The molecule has 0 radical (unpaired) electrons. The summed E-state index contributed by atoms with van der Waals surface area (Å²) >= 11 is 0. The molecule has 3 N–H and O–H groups in total. The van der Waals surface area contributed by atoms with Gasteiger partial charge in [-0.2, -0.15) is 5.10 Å². The van der Waals surface area contributed by atoms with Crippen molar-refractivity contribution < 1.29 is 5.11 Å². The fourth-order valence-corrected chi connectivity index (χ4v) is 2.17. The predicted molar refractivity (Wildman–Crippen MR) is 62.9 cm³/mol. The first-order valence-electron chi connectivity index (χ1n) is 5.84. The molecule has 0 bridgehead atoms. The van der Waals surface area contributed by atoms with E-state index in [0.717, 1.165) is 32.6 Å². The number of nitrogens with two attached hydrogens (primary N) is 1. The highest BCUT2D eigenvalue weighted by molar-refractivity contribution is 5.23. The number of nitrogen functional groups attached to an aromatic ring is 1. The zero-order chi connectivity index (χ0) is 11.5. The van der Waals surface area contributed by atoms with Crippen LogP contribution in [-0.2, 0) is 6.54 Å². The van der Waals surface area contributed by atoms with Crippen LogP contribution in [-0.4, -0.2) is 45.5 Å². The van der Waals surface area contributed by atoms with Crippen LogP contribution in [0.5, 0.6) is 0 Å². The van der Waals surface area contributed by atoms with E-state index in [2.05, 4.69) is 16.9 Å². The minimum atomic E-state index is -0.128. The van der Waals surface area contributed by atoms with Gasteiger partial charge in [-0.05, 0) is 18.4 Å². The Bertz CT molecular complexity index is 338. The molecule has 2 rings (SSSR count). The van der Waals surface area contributed by atoms with Crippen LogP contribution in [0.1, 0.15) is 13.3 Å². The van der Waals surface area contributed by atoms with Gasteiger partial charge in [0.1, 0.15) is 5.82 Å². The molecule has 1 fully saturated rings. The smallest absolute Gasteiger partial charge is 0.145 e. The van der Waals surface area contributed by atoms with Gasteiger partial charge in [-0.25, -0.2) is 0 Å². The lowest BCUT2D eigenvalue weighted by molar-refractivity contribution is 0.0336. The lowest BCUT2D eigenvalue weighted by atomic mass is 9.97. The molecule has 16 heavy (non-hydrogen) atoms. The van der Waals surface area contributed by atoms with Gasteiger partial charge < -0.3 is 15.7 Å². The van der Waals surface area contributed by atoms with Gasteiger partial charge in [-0.1, -0.05) is 6.92 Å². The van der Waals surface area contributed by atoms with Crippen LogP contribution in [0.3, 0.4) is 0 Å². The SMILES string of the molecule is CC1CN(CCn2ccc(N)n2)CCC1O. The first-order chi connectivity index (χ1) is 7.65. The topological polar surface area (TPSA) is 67.3 Å². The van der Waals surface area contributed by atoms with E-state index >= 15 is 0 Å². The maximum Gasteiger partial charge on any atom is 0.145 e. The number of hydrogen-bond acceptors (Lipinski definition) is 4. The van der Waals surface area contributed by atoms with E-state index in [9.17, 15) is 5.11 Å². The number of aliphatic hydroxyl groups is 1. The van der Waals surface area contributed by atoms with E-state index in [-0.39, 0.29) is 6.10 Å². The minimum Gasteiger partial charge on any atom is -0.393 e. The molecule has 2 atom stereocenters. The van der Waals surface area contributed by atoms with E-state index in [1.165, 1.54) is 0 Å². The second kappa shape index (κ2) is 4.84. The van der Waals surface area contributed by atoms with Crippen molar-refractivity contribution in [3.63, 3.8) is 0 Å². The van der Waals surface area contributed by atoms with E-state index in [4.69, 9.17) is 5.73 Å². The summed E-state index contributed by atoms with van der Waals surface area (Å²) in [5, 5.41) is 13.8. The largest absolute Gasteiger partial charge is 0.393 e. The summed E-state index contributed by atoms with van der Waals surface area (Å²) in [6.45, 7) is 5.88. The van der Waals surface area contributed by atoms with Crippen LogP contribution >= 0.6 is 0 Å². The second-order valence-electron chi connectivity index (χ2n) is 4.64. The third kappa shape index (κ3) is 2.74. The molecule has 0 aromatic carbocycles. The Hall–Kier alpha value is -1.07. The van der Waals surface area contributed by atoms with E-state index < -0.39 is 0 Å². The van der Waals surface area contributed by atoms with Gasteiger partial charge in [-0.15, -0.1) is 0 Å². The van der Waals surface area contributed by atoms with Crippen LogP contribution in [0.2, 0.25) is 0 Å². The number of aliphatic hydroxyl groups excluding tert-OH is 1. The molecule has 1 saturated heterocycles. The zero-order valence-electron chi connectivity index (χ0n) is 9.71. The third-order valence-electron chi connectivity index (χ3n) is 3.25. The fourth-order valence-electron chi connectivity index (χ4n) is 2.17. The summed E-state index contributed by atoms with van der Waals surface area (Å²) in [5.74, 6) is 0.943. The Labute approximate surface area is 95.8 Å². The Kier molecular flexibility index (Phi) is 3.46. The lowest BCUT2D eigenvalue weighted by Crippen LogP contribution is -2.43. The average Bonchev–Trinajstić information content (AvgIpc) is 2.66. The molecule has 0 aliphatic carbocycles.